The molecule has 1 fully saturated rings. The molecule has 0 saturated carbocycles. The number of anilines is 1. The number of nitrogens with one attached hydrogen (secondary N) is 1. The summed E-state index contributed by atoms with van der Waals surface area (Å²) >= 11 is 1.18. The zero-order chi connectivity index (χ0) is 15.8. The van der Waals surface area contributed by atoms with Crippen LogP contribution in [0.1, 0.15) is 11.3 Å². The van der Waals surface area contributed by atoms with Crippen molar-refractivity contribution in [1.29, 1.82) is 0 Å². The Morgan fingerprint density at radius 2 is 2.19 bits per heavy atom. The summed E-state index contributed by atoms with van der Waals surface area (Å²) in [4.78, 5) is 28.4. The summed E-state index contributed by atoms with van der Waals surface area (Å²) in [6.07, 6.45) is -4.05. The van der Waals surface area contributed by atoms with Crippen LogP contribution in [0.2, 0.25) is 0 Å². The summed E-state index contributed by atoms with van der Waals surface area (Å²) in [7, 11) is 0. The second-order valence-corrected chi connectivity index (χ2v) is 6.00. The number of rotatable bonds is 2. The number of aromatic nitrogens is 1. The molecule has 1 aliphatic heterocycles. The van der Waals surface area contributed by atoms with Crippen molar-refractivity contribution in [2.75, 3.05) is 18.4 Å². The quantitative estimate of drug-likeness (QED) is 0.875. The van der Waals surface area contributed by atoms with Crippen LogP contribution < -0.4 is 5.32 Å². The summed E-state index contributed by atoms with van der Waals surface area (Å²) in [6, 6.07) is -0.781. The Bertz CT molecular complexity index is 575. The third-order valence-electron chi connectivity index (χ3n) is 3.34. The number of amides is 2. The van der Waals surface area contributed by atoms with Crippen LogP contribution in [-0.2, 0) is 4.79 Å². The minimum absolute atomic E-state index is 0.261. The average Bonchev–Trinajstić information content (AvgIpc) is 2.95. The van der Waals surface area contributed by atoms with Gasteiger partial charge in [0.05, 0.1) is 0 Å². The number of alkyl halides is 3. The lowest BCUT2D eigenvalue weighted by Gasteiger charge is -2.27. The number of carbonyl (C=O) groups excluding carboxylic acids is 1. The predicted octanol–water partition coefficient (Wildman–Crippen LogP) is 2.32. The summed E-state index contributed by atoms with van der Waals surface area (Å²) < 4.78 is 39.0. The van der Waals surface area contributed by atoms with E-state index in [0.717, 1.165) is 9.78 Å². The first kappa shape index (κ1) is 15.5. The van der Waals surface area contributed by atoms with Gasteiger partial charge in [0.25, 0.3) is 0 Å². The minimum Gasteiger partial charge on any atom is -0.481 e. The molecule has 0 radical (unpaired) electrons. The molecule has 1 atom stereocenters. The van der Waals surface area contributed by atoms with Crippen LogP contribution in [0.5, 0.6) is 0 Å². The maximum Gasteiger partial charge on any atom is 0.406 e. The highest BCUT2D eigenvalue weighted by molar-refractivity contribution is 7.15. The molecule has 0 aromatic carbocycles. The Morgan fingerprint density at radius 3 is 2.62 bits per heavy atom. The molecule has 2 heterocycles. The molecule has 21 heavy (non-hydrogen) atoms. The SMILES string of the molecule is Cc1cnc(NC(=O)N2CCC(C(=O)O)(C(F)(F)F)C2)s1. The van der Waals surface area contributed by atoms with E-state index in [1.807, 2.05) is 0 Å². The first-order valence-corrected chi connectivity index (χ1v) is 6.76. The molecule has 1 unspecified atom stereocenters. The number of carboxylic acid groups (broad SMARTS) is 1. The molecule has 6 nitrogen and oxygen atoms in total. The van der Waals surface area contributed by atoms with E-state index < -0.39 is 36.6 Å². The Labute approximate surface area is 121 Å². The van der Waals surface area contributed by atoms with E-state index in [2.05, 4.69) is 10.3 Å². The summed E-state index contributed by atoms with van der Waals surface area (Å²) in [6.45, 7) is 0.590. The topological polar surface area (TPSA) is 82.5 Å². The second kappa shape index (κ2) is 5.17. The Kier molecular flexibility index (Phi) is 3.83. The molecule has 1 aliphatic rings. The van der Waals surface area contributed by atoms with Gasteiger partial charge >= 0.3 is 18.2 Å². The van der Waals surface area contributed by atoms with Crippen LogP contribution in [0.25, 0.3) is 0 Å². The minimum atomic E-state index is -4.91. The van der Waals surface area contributed by atoms with E-state index >= 15 is 0 Å². The predicted molar refractivity (Wildman–Crippen MR) is 68.2 cm³/mol. The van der Waals surface area contributed by atoms with Crippen molar-refractivity contribution < 1.29 is 27.9 Å². The number of aliphatic carboxylic acids is 1. The van der Waals surface area contributed by atoms with Gasteiger partial charge in [-0.1, -0.05) is 0 Å². The van der Waals surface area contributed by atoms with Crippen molar-refractivity contribution in [2.24, 2.45) is 5.41 Å². The van der Waals surface area contributed by atoms with Crippen molar-refractivity contribution in [3.8, 4) is 0 Å². The molecule has 1 saturated heterocycles. The normalized spacial score (nSPS) is 22.4. The number of halogens is 3. The van der Waals surface area contributed by atoms with Crippen LogP contribution in [0.4, 0.5) is 23.1 Å². The number of likely N-dealkylation sites (tertiary alicyclic amines) is 1. The van der Waals surface area contributed by atoms with E-state index in [-0.39, 0.29) is 11.7 Å². The highest BCUT2D eigenvalue weighted by Gasteiger charge is 2.64. The highest BCUT2D eigenvalue weighted by Crippen LogP contribution is 2.45. The number of aryl methyl sites for hydroxylation is 1. The van der Waals surface area contributed by atoms with Gasteiger partial charge in [0.1, 0.15) is 0 Å². The van der Waals surface area contributed by atoms with Crippen molar-refractivity contribution in [3.63, 3.8) is 0 Å². The van der Waals surface area contributed by atoms with Crippen LogP contribution in [0.3, 0.4) is 0 Å². The lowest BCUT2D eigenvalue weighted by molar-refractivity contribution is -0.226. The maximum atomic E-state index is 13.0. The zero-order valence-electron chi connectivity index (χ0n) is 10.9. The standard InChI is InChI=1S/C11H12F3N3O3S/c1-6-4-15-8(21-6)16-9(20)17-3-2-10(5-17,7(18)19)11(12,13)14/h4H,2-3,5H2,1H3,(H,18,19)(H,15,16,20). The molecule has 2 N–H and O–H groups in total. The fourth-order valence-electron chi connectivity index (χ4n) is 2.09. The van der Waals surface area contributed by atoms with Crippen molar-refractivity contribution in [1.82, 2.24) is 9.88 Å². The van der Waals surface area contributed by atoms with E-state index in [1.54, 1.807) is 6.92 Å². The van der Waals surface area contributed by atoms with Gasteiger partial charge in [0.2, 0.25) is 0 Å². The number of hydrogen-bond donors (Lipinski definition) is 2. The molecule has 0 aliphatic carbocycles. The van der Waals surface area contributed by atoms with Gasteiger partial charge in [0.15, 0.2) is 10.5 Å². The third kappa shape index (κ3) is 2.80. The largest absolute Gasteiger partial charge is 0.481 e. The van der Waals surface area contributed by atoms with Crippen LogP contribution in [0.15, 0.2) is 6.20 Å². The lowest BCUT2D eigenvalue weighted by atomic mass is 9.86. The molecule has 0 bridgehead atoms. The molecule has 2 rings (SSSR count). The molecule has 116 valence electrons. The van der Waals surface area contributed by atoms with Gasteiger partial charge in [-0.05, 0) is 13.3 Å². The monoisotopic (exact) mass is 323 g/mol. The molecular weight excluding hydrogens is 311 g/mol. The fourth-order valence-corrected chi connectivity index (χ4v) is 2.75. The van der Waals surface area contributed by atoms with Gasteiger partial charge in [-0.2, -0.15) is 13.2 Å². The average molecular weight is 323 g/mol. The molecule has 1 aromatic rings. The fraction of sp³-hybridized carbons (Fsp3) is 0.545. The Balaban J connectivity index is 2.10. The summed E-state index contributed by atoms with van der Waals surface area (Å²) in [5, 5.41) is 11.5. The highest BCUT2D eigenvalue weighted by atomic mass is 32.1. The number of urea groups is 1. The first-order valence-electron chi connectivity index (χ1n) is 5.94. The van der Waals surface area contributed by atoms with Crippen LogP contribution in [0, 0.1) is 12.3 Å². The number of thiazole rings is 1. The molecule has 0 spiro atoms. The van der Waals surface area contributed by atoms with Gasteiger partial charge < -0.3 is 10.0 Å². The molecule has 10 heteroatoms. The second-order valence-electron chi connectivity index (χ2n) is 4.76. The summed E-state index contributed by atoms with van der Waals surface area (Å²) in [5.41, 5.74) is -2.90. The van der Waals surface area contributed by atoms with Gasteiger partial charge in [-0.15, -0.1) is 11.3 Å². The number of hydrogen-bond acceptors (Lipinski definition) is 4. The van der Waals surface area contributed by atoms with Crippen molar-refractivity contribution in [3.05, 3.63) is 11.1 Å². The smallest absolute Gasteiger partial charge is 0.406 e. The zero-order valence-corrected chi connectivity index (χ0v) is 11.7. The van der Waals surface area contributed by atoms with E-state index in [9.17, 15) is 22.8 Å². The van der Waals surface area contributed by atoms with E-state index in [4.69, 9.17) is 5.11 Å². The van der Waals surface area contributed by atoms with Gasteiger partial charge in [0, 0.05) is 24.2 Å². The number of carbonyl (C=O) groups is 2. The third-order valence-corrected chi connectivity index (χ3v) is 4.17. The molecular formula is C11H12F3N3O3S. The van der Waals surface area contributed by atoms with Crippen molar-refractivity contribution >= 4 is 28.5 Å². The maximum absolute atomic E-state index is 13.0. The van der Waals surface area contributed by atoms with Gasteiger partial charge in [-0.25, -0.2) is 9.78 Å². The Hall–Kier alpha value is -1.84. The van der Waals surface area contributed by atoms with E-state index in [0.29, 0.717) is 0 Å². The van der Waals surface area contributed by atoms with Crippen molar-refractivity contribution in [2.45, 2.75) is 19.5 Å². The molecule has 2 amide bonds. The van der Waals surface area contributed by atoms with Crippen LogP contribution in [-0.4, -0.2) is 46.3 Å². The Morgan fingerprint density at radius 1 is 1.52 bits per heavy atom. The van der Waals surface area contributed by atoms with Crippen LogP contribution >= 0.6 is 11.3 Å². The van der Waals surface area contributed by atoms with E-state index in [1.165, 1.54) is 17.5 Å². The van der Waals surface area contributed by atoms with Gasteiger partial charge in [-0.3, -0.25) is 10.1 Å². The number of nitrogens with zero attached hydrogens (tertiary/aromatic N) is 2. The summed E-state index contributed by atoms with van der Waals surface area (Å²) in [5.74, 6) is -1.96. The lowest BCUT2D eigenvalue weighted by Crippen LogP contribution is -2.48. The molecule has 1 aromatic heterocycles. The first-order chi connectivity index (χ1) is 9.65. The number of carboxylic acids is 1.